The van der Waals surface area contributed by atoms with Crippen LogP contribution in [-0.4, -0.2) is 24.3 Å². The van der Waals surface area contributed by atoms with E-state index in [2.05, 4.69) is 6.92 Å². The summed E-state index contributed by atoms with van der Waals surface area (Å²) in [5.74, 6) is 0.00930. The van der Waals surface area contributed by atoms with Gasteiger partial charge in [-0.15, -0.1) is 0 Å². The summed E-state index contributed by atoms with van der Waals surface area (Å²) in [6.07, 6.45) is 6.53. The molecule has 1 unspecified atom stereocenters. The smallest absolute Gasteiger partial charge is 0.305 e. The molecule has 4 heteroatoms. The highest BCUT2D eigenvalue weighted by Gasteiger charge is 2.13. The Hall–Kier alpha value is -1.55. The minimum absolute atomic E-state index is 0.0733. The number of carboxylic acid groups (broad SMARTS) is 1. The lowest BCUT2D eigenvalue weighted by atomic mass is 10.1. The van der Waals surface area contributed by atoms with E-state index in [0.29, 0.717) is 6.61 Å². The zero-order chi connectivity index (χ0) is 16.2. The van der Waals surface area contributed by atoms with Crippen molar-refractivity contribution in [3.8, 4) is 5.75 Å². The van der Waals surface area contributed by atoms with Crippen LogP contribution in [0, 0.1) is 0 Å². The summed E-state index contributed by atoms with van der Waals surface area (Å²) in [7, 11) is 1.63. The number of hydrogen-bond donors (Lipinski definition) is 1. The third-order valence-corrected chi connectivity index (χ3v) is 3.68. The number of hydrogen-bond acceptors (Lipinski definition) is 3. The first-order valence-corrected chi connectivity index (χ1v) is 8.12. The van der Waals surface area contributed by atoms with Gasteiger partial charge in [0.2, 0.25) is 0 Å². The number of carbonyl (C=O) groups is 1. The van der Waals surface area contributed by atoms with Gasteiger partial charge >= 0.3 is 5.97 Å². The molecule has 0 saturated heterocycles. The molecule has 0 heterocycles. The zero-order valence-corrected chi connectivity index (χ0v) is 13.7. The molecule has 0 saturated carbocycles. The standard InChI is InChI=1S/C18H28O4/c1-3-4-5-6-7-8-17(13-18(19)20)22-14-15-9-11-16(21-2)12-10-15/h9-12,17H,3-8,13-14H2,1-2H3,(H,19,20). The quantitative estimate of drug-likeness (QED) is 0.581. The second-order valence-corrected chi connectivity index (χ2v) is 5.58. The maximum absolute atomic E-state index is 10.9. The number of methoxy groups -OCH3 is 1. The highest BCUT2D eigenvalue weighted by Crippen LogP contribution is 2.16. The van der Waals surface area contributed by atoms with Gasteiger partial charge in [-0.25, -0.2) is 0 Å². The van der Waals surface area contributed by atoms with Crippen LogP contribution >= 0.6 is 0 Å². The Morgan fingerprint density at radius 2 is 1.82 bits per heavy atom. The van der Waals surface area contributed by atoms with Crippen molar-refractivity contribution in [2.75, 3.05) is 7.11 Å². The van der Waals surface area contributed by atoms with Crippen LogP contribution in [-0.2, 0) is 16.1 Å². The molecule has 124 valence electrons. The molecule has 0 aromatic heterocycles. The SMILES string of the molecule is CCCCCCCC(CC(=O)O)OCc1ccc(OC)cc1. The third-order valence-electron chi connectivity index (χ3n) is 3.68. The van der Waals surface area contributed by atoms with Crippen LogP contribution in [0.15, 0.2) is 24.3 Å². The first-order chi connectivity index (χ1) is 10.7. The van der Waals surface area contributed by atoms with E-state index in [9.17, 15) is 4.79 Å². The van der Waals surface area contributed by atoms with Gasteiger partial charge in [0.15, 0.2) is 0 Å². The molecule has 0 aliphatic rings. The fourth-order valence-corrected chi connectivity index (χ4v) is 2.35. The molecule has 0 aliphatic carbocycles. The van der Waals surface area contributed by atoms with Gasteiger partial charge < -0.3 is 14.6 Å². The fourth-order valence-electron chi connectivity index (χ4n) is 2.35. The number of rotatable bonds is 12. The molecule has 0 amide bonds. The number of ether oxygens (including phenoxy) is 2. The zero-order valence-electron chi connectivity index (χ0n) is 13.7. The number of aliphatic carboxylic acids is 1. The molecule has 1 aromatic carbocycles. The minimum atomic E-state index is -0.798. The molecule has 22 heavy (non-hydrogen) atoms. The van der Waals surface area contributed by atoms with Crippen LogP contribution in [0.5, 0.6) is 5.75 Å². The van der Waals surface area contributed by atoms with Crippen molar-refractivity contribution >= 4 is 5.97 Å². The summed E-state index contributed by atoms with van der Waals surface area (Å²) in [5.41, 5.74) is 1.03. The molecule has 0 spiro atoms. The summed E-state index contributed by atoms with van der Waals surface area (Å²) in [4.78, 5) is 10.9. The topological polar surface area (TPSA) is 55.8 Å². The lowest BCUT2D eigenvalue weighted by Gasteiger charge is -2.16. The van der Waals surface area contributed by atoms with Gasteiger partial charge in [-0.2, -0.15) is 0 Å². The Kier molecular flexibility index (Phi) is 9.31. The Morgan fingerprint density at radius 1 is 1.14 bits per heavy atom. The maximum atomic E-state index is 10.9. The summed E-state index contributed by atoms with van der Waals surface area (Å²) < 4.78 is 10.9. The van der Waals surface area contributed by atoms with Crippen molar-refractivity contribution in [2.24, 2.45) is 0 Å². The van der Waals surface area contributed by atoms with Crippen LogP contribution in [0.2, 0.25) is 0 Å². The molecule has 0 radical (unpaired) electrons. The van der Waals surface area contributed by atoms with E-state index < -0.39 is 5.97 Å². The molecule has 1 rings (SSSR count). The van der Waals surface area contributed by atoms with Crippen LogP contribution in [0.4, 0.5) is 0 Å². The molecule has 1 aromatic rings. The molecule has 1 atom stereocenters. The van der Waals surface area contributed by atoms with Crippen LogP contribution < -0.4 is 4.74 Å². The number of unbranched alkanes of at least 4 members (excludes halogenated alkanes) is 4. The number of carboxylic acids is 1. The molecule has 0 fully saturated rings. The van der Waals surface area contributed by atoms with Crippen molar-refractivity contribution in [1.29, 1.82) is 0 Å². The summed E-state index contributed by atoms with van der Waals surface area (Å²) in [6, 6.07) is 7.65. The van der Waals surface area contributed by atoms with Gasteiger partial charge in [-0.05, 0) is 24.1 Å². The highest BCUT2D eigenvalue weighted by atomic mass is 16.5. The summed E-state index contributed by atoms with van der Waals surface area (Å²) in [5, 5.41) is 8.99. The van der Waals surface area contributed by atoms with Gasteiger partial charge in [-0.1, -0.05) is 51.2 Å². The average molecular weight is 308 g/mol. The first kappa shape index (κ1) is 18.5. The molecule has 0 aliphatic heterocycles. The van der Waals surface area contributed by atoms with E-state index in [1.54, 1.807) is 7.11 Å². The normalized spacial score (nSPS) is 12.1. The van der Waals surface area contributed by atoms with E-state index in [1.165, 1.54) is 19.3 Å². The lowest BCUT2D eigenvalue weighted by Crippen LogP contribution is -2.17. The van der Waals surface area contributed by atoms with Crippen molar-refractivity contribution in [3.63, 3.8) is 0 Å². The Labute approximate surface area is 133 Å². The molecule has 1 N–H and O–H groups in total. The van der Waals surface area contributed by atoms with E-state index in [-0.39, 0.29) is 12.5 Å². The summed E-state index contributed by atoms with van der Waals surface area (Å²) >= 11 is 0. The average Bonchev–Trinajstić information content (AvgIpc) is 2.52. The van der Waals surface area contributed by atoms with Crippen molar-refractivity contribution < 1.29 is 19.4 Å². The molecule has 0 bridgehead atoms. The van der Waals surface area contributed by atoms with Gasteiger partial charge in [0.05, 0.1) is 26.2 Å². The van der Waals surface area contributed by atoms with Crippen LogP contribution in [0.25, 0.3) is 0 Å². The van der Waals surface area contributed by atoms with Gasteiger partial charge in [0, 0.05) is 0 Å². The van der Waals surface area contributed by atoms with Crippen molar-refractivity contribution in [1.82, 2.24) is 0 Å². The van der Waals surface area contributed by atoms with E-state index in [4.69, 9.17) is 14.6 Å². The van der Waals surface area contributed by atoms with E-state index in [1.807, 2.05) is 24.3 Å². The fraction of sp³-hybridized carbons (Fsp3) is 0.611. The maximum Gasteiger partial charge on any atom is 0.305 e. The predicted molar refractivity (Wildman–Crippen MR) is 87.2 cm³/mol. The predicted octanol–water partition coefficient (Wildman–Crippen LogP) is 4.42. The minimum Gasteiger partial charge on any atom is -0.497 e. The number of benzene rings is 1. The lowest BCUT2D eigenvalue weighted by molar-refractivity contribution is -0.140. The van der Waals surface area contributed by atoms with Crippen molar-refractivity contribution in [3.05, 3.63) is 29.8 Å². The summed E-state index contributed by atoms with van der Waals surface area (Å²) in [6.45, 7) is 2.63. The first-order valence-electron chi connectivity index (χ1n) is 8.12. The molecule has 4 nitrogen and oxygen atoms in total. The van der Waals surface area contributed by atoms with Gasteiger partial charge in [0.25, 0.3) is 0 Å². The monoisotopic (exact) mass is 308 g/mol. The van der Waals surface area contributed by atoms with Gasteiger partial charge in [-0.3, -0.25) is 4.79 Å². The van der Waals surface area contributed by atoms with Crippen LogP contribution in [0.3, 0.4) is 0 Å². The third kappa shape index (κ3) is 8.03. The second kappa shape index (κ2) is 11.1. The Balaban J connectivity index is 2.37. The molecular weight excluding hydrogens is 280 g/mol. The van der Waals surface area contributed by atoms with Crippen molar-refractivity contribution in [2.45, 2.75) is 64.6 Å². The highest BCUT2D eigenvalue weighted by molar-refractivity contribution is 5.67. The van der Waals surface area contributed by atoms with E-state index >= 15 is 0 Å². The van der Waals surface area contributed by atoms with Crippen LogP contribution in [0.1, 0.15) is 57.4 Å². The Bertz CT molecular complexity index is 414. The van der Waals surface area contributed by atoms with E-state index in [0.717, 1.165) is 30.6 Å². The molecular formula is C18H28O4. The largest absolute Gasteiger partial charge is 0.497 e. The van der Waals surface area contributed by atoms with Gasteiger partial charge in [0.1, 0.15) is 5.75 Å². The Morgan fingerprint density at radius 3 is 2.41 bits per heavy atom. The second-order valence-electron chi connectivity index (χ2n) is 5.58.